The summed E-state index contributed by atoms with van der Waals surface area (Å²) in [5.74, 6) is -0.444. The van der Waals surface area contributed by atoms with Crippen LogP contribution < -0.4 is 0 Å². The van der Waals surface area contributed by atoms with Gasteiger partial charge in [-0.25, -0.2) is 14.8 Å². The largest absolute Gasteiger partial charge is 0.478 e. The number of carboxylic acid groups (broad SMARTS) is 1. The average Bonchev–Trinajstić information content (AvgIpc) is 2.28. The van der Waals surface area contributed by atoms with Gasteiger partial charge in [0, 0.05) is 10.0 Å². The maximum atomic E-state index is 11.3. The first-order valence-electron chi connectivity index (χ1n) is 5.33. The number of hydrogen-bond donors (Lipinski definition) is 1. The number of benzene rings is 1. The molecule has 5 heteroatoms. The van der Waals surface area contributed by atoms with Crippen molar-refractivity contribution in [2.75, 3.05) is 0 Å². The summed E-state index contributed by atoms with van der Waals surface area (Å²) in [6.07, 6.45) is 0. The van der Waals surface area contributed by atoms with Gasteiger partial charge in [-0.1, -0.05) is 28.1 Å². The van der Waals surface area contributed by atoms with Gasteiger partial charge < -0.3 is 5.11 Å². The molecule has 0 aliphatic rings. The van der Waals surface area contributed by atoms with E-state index in [0.29, 0.717) is 17.2 Å². The van der Waals surface area contributed by atoms with Crippen LogP contribution in [0.5, 0.6) is 0 Å². The van der Waals surface area contributed by atoms with E-state index in [9.17, 15) is 9.90 Å². The molecule has 1 heterocycles. The highest BCUT2D eigenvalue weighted by Gasteiger charge is 2.18. The van der Waals surface area contributed by atoms with Gasteiger partial charge >= 0.3 is 5.97 Å². The first-order chi connectivity index (χ1) is 8.49. The molecular weight excluding hydrogens is 296 g/mol. The maximum absolute atomic E-state index is 11.3. The molecule has 0 aliphatic heterocycles. The number of aryl methyl sites for hydroxylation is 2. The molecule has 0 bridgehead atoms. The van der Waals surface area contributed by atoms with Crippen molar-refractivity contribution in [3.63, 3.8) is 0 Å². The van der Waals surface area contributed by atoms with Crippen LogP contribution in [-0.4, -0.2) is 21.0 Å². The molecule has 0 unspecified atom stereocenters. The molecule has 4 nitrogen and oxygen atoms in total. The Morgan fingerprint density at radius 3 is 2.33 bits per heavy atom. The number of hydrogen-bond acceptors (Lipinski definition) is 3. The van der Waals surface area contributed by atoms with E-state index in [0.717, 1.165) is 10.0 Å². The van der Waals surface area contributed by atoms with Crippen LogP contribution in [-0.2, 0) is 0 Å². The van der Waals surface area contributed by atoms with Crippen LogP contribution in [0.25, 0.3) is 11.3 Å². The first-order valence-corrected chi connectivity index (χ1v) is 6.13. The summed E-state index contributed by atoms with van der Waals surface area (Å²) in [7, 11) is 0. The molecule has 2 rings (SSSR count). The summed E-state index contributed by atoms with van der Waals surface area (Å²) >= 11 is 3.35. The van der Waals surface area contributed by atoms with E-state index in [1.165, 1.54) is 0 Å². The highest BCUT2D eigenvalue weighted by atomic mass is 79.9. The molecule has 2 aromatic rings. The number of halogens is 1. The monoisotopic (exact) mass is 306 g/mol. The summed E-state index contributed by atoms with van der Waals surface area (Å²) in [6, 6.07) is 7.37. The van der Waals surface area contributed by atoms with Gasteiger partial charge in [-0.15, -0.1) is 0 Å². The summed E-state index contributed by atoms with van der Waals surface area (Å²) in [5.41, 5.74) is 1.86. The Morgan fingerprint density at radius 2 is 1.78 bits per heavy atom. The second-order valence-corrected chi connectivity index (χ2v) is 4.81. The molecule has 92 valence electrons. The van der Waals surface area contributed by atoms with Crippen LogP contribution in [0.1, 0.15) is 21.9 Å². The third-order valence-corrected chi connectivity index (χ3v) is 3.06. The minimum absolute atomic E-state index is 0.155. The van der Waals surface area contributed by atoms with Crippen molar-refractivity contribution in [3.8, 4) is 11.3 Å². The van der Waals surface area contributed by atoms with E-state index in [1.807, 2.05) is 24.3 Å². The van der Waals surface area contributed by atoms with E-state index < -0.39 is 5.97 Å². The molecule has 0 saturated heterocycles. The van der Waals surface area contributed by atoms with Gasteiger partial charge in [-0.3, -0.25) is 0 Å². The Kier molecular flexibility index (Phi) is 3.43. The quantitative estimate of drug-likeness (QED) is 0.925. The minimum Gasteiger partial charge on any atom is -0.478 e. The minimum atomic E-state index is -1.01. The summed E-state index contributed by atoms with van der Waals surface area (Å²) in [6.45, 7) is 3.43. The molecule has 18 heavy (non-hydrogen) atoms. The van der Waals surface area contributed by atoms with Gasteiger partial charge in [-0.2, -0.15) is 0 Å². The number of aromatic nitrogens is 2. The molecule has 1 N–H and O–H groups in total. The molecule has 0 fully saturated rings. The van der Waals surface area contributed by atoms with Crippen molar-refractivity contribution in [1.82, 2.24) is 9.97 Å². The van der Waals surface area contributed by atoms with E-state index >= 15 is 0 Å². The van der Waals surface area contributed by atoms with Crippen LogP contribution in [0.15, 0.2) is 28.7 Å². The number of rotatable bonds is 2. The van der Waals surface area contributed by atoms with E-state index in [4.69, 9.17) is 0 Å². The fraction of sp³-hybridized carbons (Fsp3) is 0.154. The number of carbonyl (C=O) groups is 1. The number of aromatic carboxylic acids is 1. The zero-order valence-electron chi connectivity index (χ0n) is 9.94. The molecule has 0 atom stereocenters. The predicted molar refractivity (Wildman–Crippen MR) is 71.6 cm³/mol. The van der Waals surface area contributed by atoms with Crippen LogP contribution in [0.3, 0.4) is 0 Å². The van der Waals surface area contributed by atoms with Crippen LogP contribution >= 0.6 is 15.9 Å². The molecule has 0 spiro atoms. The Balaban J connectivity index is 2.69. The van der Waals surface area contributed by atoms with Crippen molar-refractivity contribution in [1.29, 1.82) is 0 Å². The Hall–Kier alpha value is -1.75. The Bertz CT molecular complexity index is 609. The van der Waals surface area contributed by atoms with Crippen molar-refractivity contribution < 1.29 is 9.90 Å². The lowest BCUT2D eigenvalue weighted by molar-refractivity contribution is 0.0696. The molecule has 1 aromatic carbocycles. The fourth-order valence-corrected chi connectivity index (χ4v) is 2.05. The Labute approximate surface area is 113 Å². The first kappa shape index (κ1) is 12.7. The normalized spacial score (nSPS) is 10.4. The third kappa shape index (κ3) is 2.41. The van der Waals surface area contributed by atoms with Crippen LogP contribution in [0.2, 0.25) is 0 Å². The lowest BCUT2D eigenvalue weighted by Gasteiger charge is -2.09. The standard InChI is InChI=1S/C13H11BrN2O2/c1-7-11(13(17)18)12(16-8(2)15-7)9-3-5-10(14)6-4-9/h3-6H,1-2H3,(H,17,18). The third-order valence-electron chi connectivity index (χ3n) is 2.53. The molecule has 1 aromatic heterocycles. The van der Waals surface area contributed by atoms with Gasteiger partial charge in [0.2, 0.25) is 0 Å². The van der Waals surface area contributed by atoms with Crippen molar-refractivity contribution in [3.05, 3.63) is 45.8 Å². The zero-order chi connectivity index (χ0) is 13.3. The number of carboxylic acids is 1. The van der Waals surface area contributed by atoms with Gasteiger partial charge in [0.05, 0.1) is 11.4 Å². The molecule has 0 radical (unpaired) electrons. The topological polar surface area (TPSA) is 63.1 Å². The maximum Gasteiger partial charge on any atom is 0.339 e. The fourth-order valence-electron chi connectivity index (χ4n) is 1.79. The molecule has 0 amide bonds. The highest BCUT2D eigenvalue weighted by Crippen LogP contribution is 2.25. The second kappa shape index (κ2) is 4.86. The van der Waals surface area contributed by atoms with Crippen molar-refractivity contribution in [2.45, 2.75) is 13.8 Å². The molecule has 0 aliphatic carbocycles. The molecule has 0 saturated carbocycles. The second-order valence-electron chi connectivity index (χ2n) is 3.89. The highest BCUT2D eigenvalue weighted by molar-refractivity contribution is 9.10. The van der Waals surface area contributed by atoms with Crippen molar-refractivity contribution in [2.24, 2.45) is 0 Å². The van der Waals surface area contributed by atoms with Crippen molar-refractivity contribution >= 4 is 21.9 Å². The zero-order valence-corrected chi connectivity index (χ0v) is 11.5. The number of nitrogens with zero attached hydrogens (tertiary/aromatic N) is 2. The van der Waals surface area contributed by atoms with Gasteiger partial charge in [0.1, 0.15) is 11.4 Å². The van der Waals surface area contributed by atoms with E-state index in [2.05, 4.69) is 25.9 Å². The SMILES string of the molecule is Cc1nc(C)c(C(=O)O)c(-c2ccc(Br)cc2)n1. The summed E-state index contributed by atoms with van der Waals surface area (Å²) < 4.78 is 0.936. The van der Waals surface area contributed by atoms with E-state index in [1.54, 1.807) is 13.8 Å². The smallest absolute Gasteiger partial charge is 0.339 e. The average molecular weight is 307 g/mol. The van der Waals surface area contributed by atoms with Gasteiger partial charge in [0.15, 0.2) is 0 Å². The summed E-state index contributed by atoms with van der Waals surface area (Å²) in [4.78, 5) is 19.7. The predicted octanol–water partition coefficient (Wildman–Crippen LogP) is 3.22. The lowest BCUT2D eigenvalue weighted by atomic mass is 10.0. The summed E-state index contributed by atoms with van der Waals surface area (Å²) in [5, 5.41) is 9.26. The Morgan fingerprint density at radius 1 is 1.17 bits per heavy atom. The van der Waals surface area contributed by atoms with Crippen LogP contribution in [0, 0.1) is 13.8 Å². The van der Waals surface area contributed by atoms with Gasteiger partial charge in [0.25, 0.3) is 0 Å². The lowest BCUT2D eigenvalue weighted by Crippen LogP contribution is -2.08. The van der Waals surface area contributed by atoms with E-state index in [-0.39, 0.29) is 5.56 Å². The van der Waals surface area contributed by atoms with Gasteiger partial charge in [-0.05, 0) is 26.0 Å². The van der Waals surface area contributed by atoms with Crippen LogP contribution in [0.4, 0.5) is 0 Å². The molecular formula is C13H11BrN2O2.